The van der Waals surface area contributed by atoms with Crippen LogP contribution in [0.2, 0.25) is 0 Å². The highest BCUT2D eigenvalue weighted by Gasteiger charge is 2.30. The van der Waals surface area contributed by atoms with Gasteiger partial charge in [-0.25, -0.2) is 4.79 Å². The fraction of sp³-hybridized carbons (Fsp3) is 0.0667. The van der Waals surface area contributed by atoms with Crippen LogP contribution >= 0.6 is 0 Å². The van der Waals surface area contributed by atoms with Gasteiger partial charge in [-0.15, -0.1) is 0 Å². The van der Waals surface area contributed by atoms with Gasteiger partial charge in [-0.05, 0) is 18.2 Å². The van der Waals surface area contributed by atoms with Crippen molar-refractivity contribution < 1.29 is 13.2 Å². The largest absolute Gasteiger partial charge is 0.416 e. The minimum absolute atomic E-state index is 0.237. The Hall–Kier alpha value is -2.63. The highest BCUT2D eigenvalue weighted by molar-refractivity contribution is 5.91. The summed E-state index contributed by atoms with van der Waals surface area (Å²) >= 11 is 0. The second-order valence-electron chi connectivity index (χ2n) is 4.51. The van der Waals surface area contributed by atoms with Crippen molar-refractivity contribution in [3.8, 4) is 11.3 Å². The molecular formula is C15H9F3N2O. The minimum atomic E-state index is -4.44. The van der Waals surface area contributed by atoms with Crippen LogP contribution in [0.4, 0.5) is 13.2 Å². The molecular weight excluding hydrogens is 281 g/mol. The van der Waals surface area contributed by atoms with Crippen LogP contribution in [-0.4, -0.2) is 9.97 Å². The molecule has 0 atom stereocenters. The van der Waals surface area contributed by atoms with E-state index in [0.29, 0.717) is 10.9 Å². The number of hydrogen-bond acceptors (Lipinski definition) is 2. The monoisotopic (exact) mass is 290 g/mol. The summed E-state index contributed by atoms with van der Waals surface area (Å²) in [6.07, 6.45) is -4.44. The van der Waals surface area contributed by atoms with Crippen LogP contribution in [0.1, 0.15) is 5.56 Å². The van der Waals surface area contributed by atoms with Crippen molar-refractivity contribution >= 4 is 10.9 Å². The molecule has 0 aliphatic carbocycles. The number of alkyl halides is 3. The zero-order chi connectivity index (χ0) is 15.0. The van der Waals surface area contributed by atoms with Gasteiger partial charge in [-0.1, -0.05) is 30.3 Å². The molecule has 0 radical (unpaired) electrons. The van der Waals surface area contributed by atoms with Crippen LogP contribution in [0.25, 0.3) is 22.2 Å². The Labute approximate surface area is 117 Å². The molecule has 1 aromatic heterocycles. The van der Waals surface area contributed by atoms with E-state index in [9.17, 15) is 18.0 Å². The van der Waals surface area contributed by atoms with Gasteiger partial charge in [0.25, 0.3) is 0 Å². The van der Waals surface area contributed by atoms with Crippen molar-refractivity contribution in [1.29, 1.82) is 0 Å². The number of fused-ring (bicyclic) bond motifs is 1. The Morgan fingerprint density at radius 2 is 1.76 bits per heavy atom. The fourth-order valence-corrected chi connectivity index (χ4v) is 2.17. The molecule has 6 heteroatoms. The Morgan fingerprint density at radius 1 is 1.00 bits per heavy atom. The average Bonchev–Trinajstić information content (AvgIpc) is 2.45. The molecule has 1 heterocycles. The molecule has 1 N–H and O–H groups in total. The summed E-state index contributed by atoms with van der Waals surface area (Å²) in [6.45, 7) is 0. The maximum Gasteiger partial charge on any atom is 0.416 e. The number of halogens is 3. The van der Waals surface area contributed by atoms with E-state index >= 15 is 0 Å². The first-order chi connectivity index (χ1) is 9.95. The number of benzene rings is 2. The Morgan fingerprint density at radius 3 is 2.52 bits per heavy atom. The van der Waals surface area contributed by atoms with Crippen LogP contribution in [0.3, 0.4) is 0 Å². The van der Waals surface area contributed by atoms with Gasteiger partial charge in [0.2, 0.25) is 0 Å². The second-order valence-corrected chi connectivity index (χ2v) is 4.51. The van der Waals surface area contributed by atoms with Crippen molar-refractivity contribution in [2.45, 2.75) is 6.18 Å². The molecule has 0 unspecified atom stereocenters. The van der Waals surface area contributed by atoms with Crippen molar-refractivity contribution in [2.24, 2.45) is 0 Å². The van der Waals surface area contributed by atoms with E-state index in [-0.39, 0.29) is 11.3 Å². The molecule has 2 aromatic carbocycles. The molecule has 106 valence electrons. The predicted molar refractivity (Wildman–Crippen MR) is 72.8 cm³/mol. The van der Waals surface area contributed by atoms with Crippen molar-refractivity contribution in [3.63, 3.8) is 0 Å². The molecule has 21 heavy (non-hydrogen) atoms. The van der Waals surface area contributed by atoms with Crippen LogP contribution in [0.15, 0.2) is 53.3 Å². The molecule has 3 rings (SSSR count). The van der Waals surface area contributed by atoms with Gasteiger partial charge in [0.1, 0.15) is 0 Å². The Balaban J connectivity index is 2.28. The SMILES string of the molecule is O=c1nc(-c2cccc(C(F)(F)F)c2)c2ccccc2[nH]1. The van der Waals surface area contributed by atoms with E-state index in [0.717, 1.165) is 12.1 Å². The third-order valence-electron chi connectivity index (χ3n) is 3.10. The Kier molecular flexibility index (Phi) is 3.01. The highest BCUT2D eigenvalue weighted by Crippen LogP contribution is 2.32. The van der Waals surface area contributed by atoms with Crippen molar-refractivity contribution in [3.05, 3.63) is 64.6 Å². The van der Waals surface area contributed by atoms with Crippen LogP contribution in [-0.2, 0) is 6.18 Å². The van der Waals surface area contributed by atoms with Crippen LogP contribution in [0, 0.1) is 0 Å². The number of nitrogens with one attached hydrogen (secondary N) is 1. The standard InChI is InChI=1S/C15H9F3N2O/c16-15(17,18)10-5-3-4-9(8-10)13-11-6-1-2-7-12(11)19-14(21)20-13/h1-8H,(H,19,20,21). The summed E-state index contributed by atoms with van der Waals surface area (Å²) in [7, 11) is 0. The van der Waals surface area contributed by atoms with Gasteiger partial charge < -0.3 is 4.98 Å². The summed E-state index contributed by atoms with van der Waals surface area (Å²) in [5, 5.41) is 0.594. The molecule has 3 nitrogen and oxygen atoms in total. The number of para-hydroxylation sites is 1. The zero-order valence-corrected chi connectivity index (χ0v) is 10.6. The van der Waals surface area contributed by atoms with Gasteiger partial charge in [0.05, 0.1) is 16.8 Å². The molecule has 0 aliphatic heterocycles. The Bertz CT molecular complexity index is 868. The summed E-state index contributed by atoms with van der Waals surface area (Å²) in [5.74, 6) is 0. The van der Waals surface area contributed by atoms with E-state index in [2.05, 4.69) is 9.97 Å². The first-order valence-corrected chi connectivity index (χ1v) is 6.12. The van der Waals surface area contributed by atoms with E-state index in [4.69, 9.17) is 0 Å². The van der Waals surface area contributed by atoms with Gasteiger partial charge >= 0.3 is 11.9 Å². The maximum absolute atomic E-state index is 12.8. The number of hydrogen-bond donors (Lipinski definition) is 1. The summed E-state index contributed by atoms with van der Waals surface area (Å²) < 4.78 is 38.4. The van der Waals surface area contributed by atoms with E-state index < -0.39 is 17.4 Å². The quantitative estimate of drug-likeness (QED) is 0.744. The van der Waals surface area contributed by atoms with E-state index in [1.165, 1.54) is 12.1 Å². The normalized spacial score (nSPS) is 11.8. The molecule has 0 spiro atoms. The molecule has 0 aliphatic rings. The molecule has 0 fully saturated rings. The van der Waals surface area contributed by atoms with Gasteiger partial charge in [-0.2, -0.15) is 18.2 Å². The summed E-state index contributed by atoms with van der Waals surface area (Å²) in [4.78, 5) is 17.9. The zero-order valence-electron chi connectivity index (χ0n) is 10.6. The number of nitrogens with zero attached hydrogens (tertiary/aromatic N) is 1. The molecule has 0 saturated carbocycles. The lowest BCUT2D eigenvalue weighted by atomic mass is 10.0. The van der Waals surface area contributed by atoms with Gasteiger partial charge in [-0.3, -0.25) is 0 Å². The number of aromatic amines is 1. The number of rotatable bonds is 1. The number of aromatic nitrogens is 2. The summed E-state index contributed by atoms with van der Waals surface area (Å²) in [6, 6.07) is 11.6. The maximum atomic E-state index is 12.8. The smallest absolute Gasteiger partial charge is 0.305 e. The first kappa shape index (κ1) is 13.4. The lowest BCUT2D eigenvalue weighted by Gasteiger charge is -2.09. The predicted octanol–water partition coefficient (Wildman–Crippen LogP) is 3.61. The molecule has 0 saturated heterocycles. The lowest BCUT2D eigenvalue weighted by molar-refractivity contribution is -0.137. The number of H-pyrrole nitrogens is 1. The lowest BCUT2D eigenvalue weighted by Crippen LogP contribution is -2.11. The van der Waals surface area contributed by atoms with E-state index in [1.54, 1.807) is 24.3 Å². The van der Waals surface area contributed by atoms with Crippen molar-refractivity contribution in [2.75, 3.05) is 0 Å². The van der Waals surface area contributed by atoms with Crippen LogP contribution < -0.4 is 5.69 Å². The fourth-order valence-electron chi connectivity index (χ4n) is 2.17. The average molecular weight is 290 g/mol. The van der Waals surface area contributed by atoms with Crippen LogP contribution in [0.5, 0.6) is 0 Å². The molecule has 0 bridgehead atoms. The third kappa shape index (κ3) is 2.52. The second kappa shape index (κ2) is 4.73. The van der Waals surface area contributed by atoms with Gasteiger partial charge in [0, 0.05) is 10.9 Å². The highest BCUT2D eigenvalue weighted by atomic mass is 19.4. The van der Waals surface area contributed by atoms with Crippen molar-refractivity contribution in [1.82, 2.24) is 9.97 Å². The third-order valence-corrected chi connectivity index (χ3v) is 3.10. The minimum Gasteiger partial charge on any atom is -0.305 e. The van der Waals surface area contributed by atoms with E-state index in [1.807, 2.05) is 0 Å². The topological polar surface area (TPSA) is 45.8 Å². The first-order valence-electron chi connectivity index (χ1n) is 6.12. The molecule has 3 aromatic rings. The van der Waals surface area contributed by atoms with Gasteiger partial charge in [0.15, 0.2) is 0 Å². The molecule has 0 amide bonds. The summed E-state index contributed by atoms with van der Waals surface area (Å²) in [5.41, 5.74) is -0.343.